The Bertz CT molecular complexity index is 506. The number of rotatable bonds is 6. The predicted octanol–water partition coefficient (Wildman–Crippen LogP) is 1.53. The van der Waals surface area contributed by atoms with Crippen molar-refractivity contribution in [3.05, 3.63) is 35.9 Å². The second-order valence-electron chi connectivity index (χ2n) is 5.67. The van der Waals surface area contributed by atoms with Crippen LogP contribution in [0.15, 0.2) is 30.3 Å². The van der Waals surface area contributed by atoms with E-state index in [4.69, 9.17) is 0 Å². The van der Waals surface area contributed by atoms with Crippen molar-refractivity contribution in [3.8, 4) is 0 Å². The molecule has 21 heavy (non-hydrogen) atoms. The molecule has 1 aromatic carbocycles. The van der Waals surface area contributed by atoms with Crippen molar-refractivity contribution < 1.29 is 9.00 Å². The monoisotopic (exact) mass is 308 g/mol. The maximum absolute atomic E-state index is 12.7. The maximum atomic E-state index is 12.7. The molecule has 1 aromatic rings. The van der Waals surface area contributed by atoms with Crippen LogP contribution in [-0.4, -0.2) is 45.3 Å². The first-order chi connectivity index (χ1) is 10.0. The summed E-state index contributed by atoms with van der Waals surface area (Å²) in [5, 5.41) is 3.42. The van der Waals surface area contributed by atoms with Gasteiger partial charge in [0.25, 0.3) is 0 Å². The summed E-state index contributed by atoms with van der Waals surface area (Å²) in [4.78, 5) is 14.6. The highest BCUT2D eigenvalue weighted by atomic mass is 32.2. The minimum atomic E-state index is -0.894. The second-order valence-corrected chi connectivity index (χ2v) is 7.15. The molecule has 4 atom stereocenters. The number of nitrogens with zero attached hydrogens (tertiary/aromatic N) is 1. The predicted molar refractivity (Wildman–Crippen MR) is 86.4 cm³/mol. The van der Waals surface area contributed by atoms with E-state index in [1.54, 1.807) is 6.26 Å². The van der Waals surface area contributed by atoms with E-state index in [1.807, 2.05) is 42.2 Å². The summed E-state index contributed by atoms with van der Waals surface area (Å²) in [5.74, 6) is 0.658. The first-order valence-corrected chi connectivity index (χ1v) is 9.17. The van der Waals surface area contributed by atoms with E-state index < -0.39 is 10.8 Å². The Hall–Kier alpha value is -1.20. The zero-order valence-electron chi connectivity index (χ0n) is 12.9. The molecule has 0 saturated carbocycles. The highest BCUT2D eigenvalue weighted by Crippen LogP contribution is 2.20. The number of hydrogen-bond donors (Lipinski definition) is 1. The van der Waals surface area contributed by atoms with E-state index in [-0.39, 0.29) is 24.2 Å². The zero-order chi connectivity index (χ0) is 15.4. The van der Waals surface area contributed by atoms with Gasteiger partial charge >= 0.3 is 0 Å². The fourth-order valence-electron chi connectivity index (χ4n) is 2.97. The molecule has 5 heteroatoms. The zero-order valence-corrected chi connectivity index (χ0v) is 13.7. The first kappa shape index (κ1) is 16.2. The van der Waals surface area contributed by atoms with E-state index in [0.29, 0.717) is 12.2 Å². The summed E-state index contributed by atoms with van der Waals surface area (Å²) in [5.41, 5.74) is 1.16. The SMILES string of the molecule is CCC1NC(Cc2ccccc2)C(=O)N1C(C)CS(C)=O. The van der Waals surface area contributed by atoms with E-state index in [0.717, 1.165) is 12.0 Å². The molecule has 4 unspecified atom stereocenters. The van der Waals surface area contributed by atoms with Gasteiger partial charge in [-0.25, -0.2) is 0 Å². The Labute approximate surface area is 129 Å². The van der Waals surface area contributed by atoms with E-state index in [1.165, 1.54) is 0 Å². The van der Waals surface area contributed by atoms with Crippen molar-refractivity contribution in [2.75, 3.05) is 12.0 Å². The third-order valence-electron chi connectivity index (χ3n) is 3.90. The van der Waals surface area contributed by atoms with Crippen molar-refractivity contribution in [2.24, 2.45) is 0 Å². The minimum absolute atomic E-state index is 0.00144. The van der Waals surface area contributed by atoms with Gasteiger partial charge in [0.15, 0.2) is 0 Å². The molecular weight excluding hydrogens is 284 g/mol. The Kier molecular flexibility index (Phi) is 5.53. The van der Waals surface area contributed by atoms with Crippen LogP contribution in [0.5, 0.6) is 0 Å². The van der Waals surface area contributed by atoms with Crippen molar-refractivity contribution in [1.82, 2.24) is 10.2 Å². The lowest BCUT2D eigenvalue weighted by Gasteiger charge is -2.29. The van der Waals surface area contributed by atoms with Gasteiger partial charge in [0.05, 0.1) is 12.2 Å². The van der Waals surface area contributed by atoms with E-state index >= 15 is 0 Å². The second kappa shape index (κ2) is 7.18. The van der Waals surface area contributed by atoms with E-state index in [9.17, 15) is 9.00 Å². The van der Waals surface area contributed by atoms with Crippen molar-refractivity contribution in [2.45, 2.75) is 44.9 Å². The molecule has 1 heterocycles. The van der Waals surface area contributed by atoms with Gasteiger partial charge in [-0.1, -0.05) is 37.3 Å². The van der Waals surface area contributed by atoms with Crippen LogP contribution in [0.25, 0.3) is 0 Å². The topological polar surface area (TPSA) is 49.4 Å². The summed E-state index contributed by atoms with van der Waals surface area (Å²) >= 11 is 0. The molecule has 4 nitrogen and oxygen atoms in total. The van der Waals surface area contributed by atoms with Gasteiger partial charge in [-0.05, 0) is 25.3 Å². The molecule has 0 spiro atoms. The number of nitrogens with one attached hydrogen (secondary N) is 1. The van der Waals surface area contributed by atoms with Crippen LogP contribution in [0.4, 0.5) is 0 Å². The van der Waals surface area contributed by atoms with Crippen LogP contribution in [0.2, 0.25) is 0 Å². The standard InChI is InChI=1S/C16H24N2O2S/c1-4-15-17-14(10-13-8-6-5-7-9-13)16(19)18(15)12(2)11-21(3)20/h5-9,12,14-15,17H,4,10-11H2,1-3H3. The molecule has 1 N–H and O–H groups in total. The quantitative estimate of drug-likeness (QED) is 0.867. The summed E-state index contributed by atoms with van der Waals surface area (Å²) in [6, 6.07) is 9.88. The third-order valence-corrected chi connectivity index (χ3v) is 4.85. The van der Waals surface area contributed by atoms with Gasteiger partial charge in [0, 0.05) is 28.9 Å². The lowest BCUT2D eigenvalue weighted by atomic mass is 10.1. The molecule has 0 bridgehead atoms. The van der Waals surface area contributed by atoms with Crippen molar-refractivity contribution >= 4 is 16.7 Å². The lowest BCUT2D eigenvalue weighted by Crippen LogP contribution is -2.45. The summed E-state index contributed by atoms with van der Waals surface area (Å²) in [7, 11) is -0.894. The van der Waals surface area contributed by atoms with Gasteiger partial charge < -0.3 is 4.90 Å². The van der Waals surface area contributed by atoms with Gasteiger partial charge in [0.2, 0.25) is 5.91 Å². The summed E-state index contributed by atoms with van der Waals surface area (Å²) < 4.78 is 11.4. The fraction of sp³-hybridized carbons (Fsp3) is 0.562. The molecule has 0 aromatic heterocycles. The number of hydrogen-bond acceptors (Lipinski definition) is 3. The number of amides is 1. The normalized spacial score (nSPS) is 25.1. The largest absolute Gasteiger partial charge is 0.322 e. The molecule has 1 aliphatic heterocycles. The molecule has 2 rings (SSSR count). The molecular formula is C16H24N2O2S. The number of carbonyl (C=O) groups is 1. The Balaban J connectivity index is 2.09. The van der Waals surface area contributed by atoms with Crippen LogP contribution < -0.4 is 5.32 Å². The highest BCUT2D eigenvalue weighted by Gasteiger charge is 2.40. The molecule has 1 fully saturated rings. The number of carbonyl (C=O) groups excluding carboxylic acids is 1. The Morgan fingerprint density at radius 2 is 2.00 bits per heavy atom. The van der Waals surface area contributed by atoms with Crippen LogP contribution in [-0.2, 0) is 22.0 Å². The van der Waals surface area contributed by atoms with Crippen LogP contribution in [0, 0.1) is 0 Å². The molecule has 0 radical (unpaired) electrons. The minimum Gasteiger partial charge on any atom is -0.322 e. The van der Waals surface area contributed by atoms with Gasteiger partial charge in [-0.2, -0.15) is 0 Å². The molecule has 116 valence electrons. The Morgan fingerprint density at radius 3 is 2.57 bits per heavy atom. The molecule has 1 saturated heterocycles. The van der Waals surface area contributed by atoms with Gasteiger partial charge in [0.1, 0.15) is 0 Å². The maximum Gasteiger partial charge on any atom is 0.241 e. The first-order valence-electron chi connectivity index (χ1n) is 7.45. The fourth-order valence-corrected chi connectivity index (χ4v) is 3.81. The summed E-state index contributed by atoms with van der Waals surface area (Å²) in [6.07, 6.45) is 3.30. The number of benzene rings is 1. The molecule has 1 amide bonds. The van der Waals surface area contributed by atoms with Crippen molar-refractivity contribution in [1.29, 1.82) is 0 Å². The van der Waals surface area contributed by atoms with Crippen LogP contribution >= 0.6 is 0 Å². The lowest BCUT2D eigenvalue weighted by molar-refractivity contribution is -0.131. The van der Waals surface area contributed by atoms with Crippen LogP contribution in [0.1, 0.15) is 25.8 Å². The average Bonchev–Trinajstić information content (AvgIpc) is 2.76. The molecule has 0 aliphatic carbocycles. The van der Waals surface area contributed by atoms with Gasteiger partial charge in [-0.15, -0.1) is 0 Å². The van der Waals surface area contributed by atoms with Gasteiger partial charge in [-0.3, -0.25) is 14.3 Å². The smallest absolute Gasteiger partial charge is 0.241 e. The van der Waals surface area contributed by atoms with E-state index in [2.05, 4.69) is 12.2 Å². The summed E-state index contributed by atoms with van der Waals surface area (Å²) in [6.45, 7) is 4.05. The average molecular weight is 308 g/mol. The van der Waals surface area contributed by atoms with Crippen LogP contribution in [0.3, 0.4) is 0 Å². The highest BCUT2D eigenvalue weighted by molar-refractivity contribution is 7.84. The molecule has 1 aliphatic rings. The van der Waals surface area contributed by atoms with Crippen molar-refractivity contribution in [3.63, 3.8) is 0 Å². The third kappa shape index (κ3) is 3.92. The Morgan fingerprint density at radius 1 is 1.33 bits per heavy atom.